The summed E-state index contributed by atoms with van der Waals surface area (Å²) in [5, 5.41) is 0. The van der Waals surface area contributed by atoms with Crippen LogP contribution in [0.5, 0.6) is 0 Å². The maximum Gasteiger partial charge on any atom is 0.314 e. The summed E-state index contributed by atoms with van der Waals surface area (Å²) in [5.74, 6) is -0.224. The smallest absolute Gasteiger partial charge is 0.314 e. The van der Waals surface area contributed by atoms with E-state index in [2.05, 4.69) is 30.9 Å². The zero-order valence-corrected chi connectivity index (χ0v) is 12.1. The molecule has 0 aliphatic rings. The van der Waals surface area contributed by atoms with Crippen LogP contribution < -0.4 is 11.1 Å². The number of halogens is 1. The fraction of sp³-hybridized carbons (Fsp3) is 0. The second-order valence-corrected chi connectivity index (χ2v) is 5.31. The van der Waals surface area contributed by atoms with Crippen LogP contribution in [0.2, 0.25) is 0 Å². The van der Waals surface area contributed by atoms with Crippen molar-refractivity contribution in [2.45, 2.75) is 0 Å². The number of rotatable bonds is 2. The molecule has 0 atom stereocenters. The van der Waals surface area contributed by atoms with Gasteiger partial charge in [-0.3, -0.25) is 19.4 Å². The monoisotopic (exact) mass is 345 g/mol. The second-order valence-electron chi connectivity index (χ2n) is 4.39. The van der Waals surface area contributed by atoms with Crippen molar-refractivity contribution >= 4 is 32.7 Å². The van der Waals surface area contributed by atoms with Crippen molar-refractivity contribution < 1.29 is 4.79 Å². The largest absolute Gasteiger partial charge is 0.316 e. The van der Waals surface area contributed by atoms with Gasteiger partial charge in [-0.1, -0.05) is 0 Å². The van der Waals surface area contributed by atoms with Gasteiger partial charge in [-0.05, 0) is 40.2 Å². The lowest BCUT2D eigenvalue weighted by Crippen LogP contribution is -2.28. The average molecular weight is 346 g/mol. The number of H-pyrrole nitrogens is 2. The molecule has 3 rings (SSSR count). The van der Waals surface area contributed by atoms with Crippen LogP contribution in [0.15, 0.2) is 50.7 Å². The molecule has 2 N–H and O–H groups in total. The fourth-order valence-electron chi connectivity index (χ4n) is 1.96. The first-order valence-corrected chi connectivity index (χ1v) is 6.75. The molecule has 0 saturated heterocycles. The molecule has 6 nitrogen and oxygen atoms in total. The van der Waals surface area contributed by atoms with Gasteiger partial charge in [0.25, 0.3) is 0 Å². The van der Waals surface area contributed by atoms with Crippen LogP contribution in [-0.4, -0.2) is 20.7 Å². The second kappa shape index (κ2) is 5.10. The predicted octanol–water partition coefficient (Wildman–Crippen LogP) is 1.60. The highest BCUT2D eigenvalue weighted by atomic mass is 79.9. The van der Waals surface area contributed by atoms with Gasteiger partial charge < -0.3 is 9.97 Å². The predicted molar refractivity (Wildman–Crippen MR) is 80.6 cm³/mol. The summed E-state index contributed by atoms with van der Waals surface area (Å²) in [6.45, 7) is 0. The minimum absolute atomic E-state index is 0.224. The Hall–Kier alpha value is -2.54. The summed E-state index contributed by atoms with van der Waals surface area (Å²) < 4.78 is 0.701. The van der Waals surface area contributed by atoms with E-state index in [0.29, 0.717) is 26.6 Å². The maximum absolute atomic E-state index is 12.4. The van der Waals surface area contributed by atoms with Crippen molar-refractivity contribution in [1.82, 2.24) is 15.0 Å². The lowest BCUT2D eigenvalue weighted by Gasteiger charge is -2.03. The first kappa shape index (κ1) is 13.4. The average Bonchev–Trinajstić information content (AvgIpc) is 2.47. The fourth-order valence-corrected chi connectivity index (χ4v) is 2.32. The molecule has 0 amide bonds. The molecular weight excluding hydrogens is 338 g/mol. The molecule has 0 radical (unpaired) electrons. The van der Waals surface area contributed by atoms with Gasteiger partial charge in [-0.25, -0.2) is 0 Å². The summed E-state index contributed by atoms with van der Waals surface area (Å²) in [6.07, 6.45) is 3.05. The number of aromatic nitrogens is 3. The normalized spacial score (nSPS) is 10.7. The van der Waals surface area contributed by atoms with Crippen molar-refractivity contribution in [2.24, 2.45) is 0 Å². The minimum Gasteiger partial charge on any atom is -0.316 e. The van der Waals surface area contributed by atoms with Crippen molar-refractivity contribution in [3.63, 3.8) is 0 Å². The first-order chi connectivity index (χ1) is 10.0. The van der Waals surface area contributed by atoms with Crippen molar-refractivity contribution in [2.75, 3.05) is 0 Å². The van der Waals surface area contributed by atoms with Crippen LogP contribution in [0.25, 0.3) is 11.0 Å². The molecule has 3 aromatic rings. The van der Waals surface area contributed by atoms with E-state index >= 15 is 0 Å². The van der Waals surface area contributed by atoms with Crippen molar-refractivity contribution in [3.8, 4) is 0 Å². The van der Waals surface area contributed by atoms with Crippen molar-refractivity contribution in [1.29, 1.82) is 0 Å². The summed E-state index contributed by atoms with van der Waals surface area (Å²) in [6, 6.07) is 6.34. The third-order valence-corrected chi connectivity index (χ3v) is 3.39. The maximum atomic E-state index is 12.4. The number of carbonyl (C=O) groups excluding carboxylic acids is 1. The lowest BCUT2D eigenvalue weighted by molar-refractivity contribution is 0.103. The van der Waals surface area contributed by atoms with Gasteiger partial charge in [-0.2, -0.15) is 0 Å². The number of nitrogens with one attached hydrogen (secondary N) is 2. The summed E-state index contributed by atoms with van der Waals surface area (Å²) in [4.78, 5) is 43.8. The van der Waals surface area contributed by atoms with E-state index in [4.69, 9.17) is 0 Å². The molecule has 0 unspecified atom stereocenters. The van der Waals surface area contributed by atoms with E-state index in [1.807, 2.05) is 0 Å². The molecule has 2 aromatic heterocycles. The third kappa shape index (κ3) is 2.55. The third-order valence-electron chi connectivity index (χ3n) is 2.95. The zero-order valence-electron chi connectivity index (χ0n) is 10.5. The zero-order chi connectivity index (χ0) is 15.0. The number of benzene rings is 1. The molecule has 1 aromatic carbocycles. The molecule has 0 aliphatic heterocycles. The molecular formula is C14H8BrN3O3. The molecule has 2 heterocycles. The Balaban J connectivity index is 2.13. The number of pyridine rings is 1. The summed E-state index contributed by atoms with van der Waals surface area (Å²) in [7, 11) is 0. The van der Waals surface area contributed by atoms with Crippen LogP contribution in [0.1, 0.15) is 15.9 Å². The van der Waals surface area contributed by atoms with Gasteiger partial charge in [0, 0.05) is 28.0 Å². The quantitative estimate of drug-likeness (QED) is 0.544. The SMILES string of the molecule is O=C(c1cncc(Br)c1)c1ccc2[nH]c(=O)c(=O)[nH]c2c1. The number of aromatic amines is 2. The van der Waals surface area contributed by atoms with Gasteiger partial charge in [-0.15, -0.1) is 0 Å². The molecule has 0 bridgehead atoms. The minimum atomic E-state index is -0.753. The first-order valence-electron chi connectivity index (χ1n) is 5.96. The Morgan fingerprint density at radius 1 is 0.952 bits per heavy atom. The highest BCUT2D eigenvalue weighted by Crippen LogP contribution is 2.16. The highest BCUT2D eigenvalue weighted by Gasteiger charge is 2.11. The van der Waals surface area contributed by atoms with Gasteiger partial charge in [0.15, 0.2) is 5.78 Å². The van der Waals surface area contributed by atoms with Crippen LogP contribution in [0.4, 0.5) is 0 Å². The molecule has 0 saturated carbocycles. The molecule has 7 heteroatoms. The van der Waals surface area contributed by atoms with Crippen LogP contribution >= 0.6 is 15.9 Å². The van der Waals surface area contributed by atoms with Gasteiger partial charge in [0.2, 0.25) is 0 Å². The lowest BCUT2D eigenvalue weighted by atomic mass is 10.0. The summed E-state index contributed by atoms with van der Waals surface area (Å²) in [5.41, 5.74) is 0.200. The molecule has 21 heavy (non-hydrogen) atoms. The molecule has 0 spiro atoms. The van der Waals surface area contributed by atoms with E-state index in [0.717, 1.165) is 0 Å². The molecule has 104 valence electrons. The van der Waals surface area contributed by atoms with Crippen LogP contribution in [0, 0.1) is 0 Å². The van der Waals surface area contributed by atoms with Crippen molar-refractivity contribution in [3.05, 3.63) is 73.0 Å². The Morgan fingerprint density at radius 3 is 2.38 bits per heavy atom. The van der Waals surface area contributed by atoms with E-state index in [9.17, 15) is 14.4 Å². The Bertz CT molecular complexity index is 975. The number of nitrogens with zero attached hydrogens (tertiary/aromatic N) is 1. The molecule has 0 fully saturated rings. The standard InChI is InChI=1S/C14H8BrN3O3/c15-9-3-8(5-16-6-9)12(19)7-1-2-10-11(4-7)18-14(21)13(20)17-10/h1-6H,(H,17,20)(H,18,21). The van der Waals surface area contributed by atoms with Gasteiger partial charge >= 0.3 is 11.1 Å². The van der Waals surface area contributed by atoms with E-state index < -0.39 is 11.1 Å². The highest BCUT2D eigenvalue weighted by molar-refractivity contribution is 9.10. The molecule has 0 aliphatic carbocycles. The van der Waals surface area contributed by atoms with E-state index in [1.54, 1.807) is 24.4 Å². The van der Waals surface area contributed by atoms with E-state index in [-0.39, 0.29) is 5.78 Å². The Morgan fingerprint density at radius 2 is 1.67 bits per heavy atom. The van der Waals surface area contributed by atoms with Gasteiger partial charge in [0.1, 0.15) is 0 Å². The topological polar surface area (TPSA) is 95.7 Å². The van der Waals surface area contributed by atoms with Crippen LogP contribution in [-0.2, 0) is 0 Å². The van der Waals surface area contributed by atoms with Crippen LogP contribution in [0.3, 0.4) is 0 Å². The summed E-state index contributed by atoms with van der Waals surface area (Å²) >= 11 is 3.26. The number of carbonyl (C=O) groups is 1. The Kier molecular flexibility index (Phi) is 3.26. The van der Waals surface area contributed by atoms with E-state index in [1.165, 1.54) is 12.3 Å². The number of fused-ring (bicyclic) bond motifs is 1. The number of hydrogen-bond acceptors (Lipinski definition) is 4. The Labute approximate surface area is 126 Å². The number of ketones is 1. The number of hydrogen-bond donors (Lipinski definition) is 2. The van der Waals surface area contributed by atoms with Gasteiger partial charge in [0.05, 0.1) is 11.0 Å².